The van der Waals surface area contributed by atoms with Crippen LogP contribution in [0.25, 0.3) is 16.6 Å². The minimum absolute atomic E-state index is 0.00603. The quantitative estimate of drug-likeness (QED) is 0.423. The zero-order valence-corrected chi connectivity index (χ0v) is 19.9. The Kier molecular flexibility index (Phi) is 6.36. The van der Waals surface area contributed by atoms with Crippen LogP contribution >= 0.6 is 0 Å². The zero-order valence-electron chi connectivity index (χ0n) is 19.9. The lowest BCUT2D eigenvalue weighted by molar-refractivity contribution is 0.0934. The second kappa shape index (κ2) is 9.38. The van der Waals surface area contributed by atoms with E-state index in [0.717, 1.165) is 16.6 Å². The van der Waals surface area contributed by atoms with E-state index in [4.69, 9.17) is 9.47 Å². The predicted octanol–water partition coefficient (Wildman–Crippen LogP) is 4.33. The normalized spacial score (nSPS) is 11.3. The fourth-order valence-corrected chi connectivity index (χ4v) is 3.32. The molecule has 0 aliphatic heterocycles. The molecule has 0 aliphatic carbocycles. The molecule has 4 aromatic rings. The molecule has 0 spiro atoms. The van der Waals surface area contributed by atoms with Crippen LogP contribution in [0.5, 0.6) is 11.6 Å². The lowest BCUT2D eigenvalue weighted by Gasteiger charge is -2.18. The third kappa shape index (κ3) is 5.25. The molecule has 34 heavy (non-hydrogen) atoms. The number of carbonyl (C=O) groups is 1. The second-order valence-electron chi connectivity index (χ2n) is 9.03. The highest BCUT2D eigenvalue weighted by Crippen LogP contribution is 2.30. The number of ether oxygens (including phenoxy) is 2. The Morgan fingerprint density at radius 1 is 1.03 bits per heavy atom. The van der Waals surface area contributed by atoms with Crippen molar-refractivity contribution in [3.8, 4) is 22.8 Å². The third-order valence-electron chi connectivity index (χ3n) is 5.05. The van der Waals surface area contributed by atoms with Crippen LogP contribution in [0, 0.1) is 5.41 Å². The van der Waals surface area contributed by atoms with Crippen molar-refractivity contribution in [3.63, 3.8) is 0 Å². The highest BCUT2D eigenvalue weighted by Gasteiger charge is 2.15. The topological polar surface area (TPSA) is 103 Å². The Balaban J connectivity index is 1.54. The first-order valence-corrected chi connectivity index (χ1v) is 10.9. The van der Waals surface area contributed by atoms with E-state index in [-0.39, 0.29) is 11.3 Å². The minimum Gasteiger partial charge on any atom is -0.491 e. The number of amides is 1. The first-order valence-electron chi connectivity index (χ1n) is 10.9. The van der Waals surface area contributed by atoms with Crippen LogP contribution in [0.2, 0.25) is 0 Å². The number of rotatable bonds is 7. The van der Waals surface area contributed by atoms with Gasteiger partial charge in [-0.15, -0.1) is 0 Å². The van der Waals surface area contributed by atoms with Gasteiger partial charge in [0.05, 0.1) is 19.7 Å². The monoisotopic (exact) mass is 460 g/mol. The Labute approximate surface area is 198 Å². The molecular formula is C25H28N6O3. The van der Waals surface area contributed by atoms with E-state index in [2.05, 4.69) is 46.5 Å². The third-order valence-corrected chi connectivity index (χ3v) is 5.05. The van der Waals surface area contributed by atoms with Gasteiger partial charge in [0, 0.05) is 30.6 Å². The molecule has 4 heterocycles. The van der Waals surface area contributed by atoms with Gasteiger partial charge in [0.1, 0.15) is 11.5 Å². The number of hydrogen-bond acceptors (Lipinski definition) is 7. The summed E-state index contributed by atoms with van der Waals surface area (Å²) in [6, 6.07) is 13.0. The van der Waals surface area contributed by atoms with E-state index in [1.807, 2.05) is 30.5 Å². The maximum atomic E-state index is 12.5. The van der Waals surface area contributed by atoms with Gasteiger partial charge in [-0.1, -0.05) is 26.8 Å². The van der Waals surface area contributed by atoms with Crippen LogP contribution in [-0.2, 0) is 0 Å². The lowest BCUT2D eigenvalue weighted by Crippen LogP contribution is -2.32. The van der Waals surface area contributed by atoms with Crippen LogP contribution in [-0.4, -0.2) is 46.3 Å². The van der Waals surface area contributed by atoms with Gasteiger partial charge in [-0.2, -0.15) is 5.10 Å². The highest BCUT2D eigenvalue weighted by molar-refractivity contribution is 5.92. The smallest absolute Gasteiger partial charge is 0.269 e. The number of aromatic nitrogens is 4. The van der Waals surface area contributed by atoms with Crippen molar-refractivity contribution in [1.29, 1.82) is 0 Å². The van der Waals surface area contributed by atoms with Gasteiger partial charge >= 0.3 is 0 Å². The van der Waals surface area contributed by atoms with Crippen molar-refractivity contribution >= 4 is 23.1 Å². The van der Waals surface area contributed by atoms with Crippen molar-refractivity contribution in [2.24, 2.45) is 5.41 Å². The van der Waals surface area contributed by atoms with Gasteiger partial charge in [0.15, 0.2) is 11.6 Å². The number of fused-ring (bicyclic) bond motifs is 1. The van der Waals surface area contributed by atoms with Gasteiger partial charge in [0.2, 0.25) is 0 Å². The van der Waals surface area contributed by atoms with Crippen molar-refractivity contribution in [3.05, 3.63) is 60.6 Å². The first-order chi connectivity index (χ1) is 16.3. The van der Waals surface area contributed by atoms with Crippen LogP contribution in [0.1, 0.15) is 31.3 Å². The Morgan fingerprint density at radius 2 is 1.85 bits per heavy atom. The molecule has 1 amide bonds. The summed E-state index contributed by atoms with van der Waals surface area (Å²) in [6.07, 6.45) is 3.61. The molecule has 0 radical (unpaired) electrons. The van der Waals surface area contributed by atoms with E-state index in [0.29, 0.717) is 35.5 Å². The van der Waals surface area contributed by atoms with Gasteiger partial charge in [-0.3, -0.25) is 4.79 Å². The summed E-state index contributed by atoms with van der Waals surface area (Å²) in [5, 5.41) is 10.7. The number of nitrogens with zero attached hydrogens (tertiary/aromatic N) is 4. The number of hydrogen-bond donors (Lipinski definition) is 2. The van der Waals surface area contributed by atoms with Gasteiger partial charge in [0.25, 0.3) is 11.8 Å². The van der Waals surface area contributed by atoms with E-state index in [1.54, 1.807) is 43.1 Å². The van der Waals surface area contributed by atoms with Crippen molar-refractivity contribution in [2.75, 3.05) is 26.1 Å². The number of pyridine rings is 3. The SMILES string of the molecule is COc1cc(-c2ccn3nc(Nc4cccc(C(=O)NCC(C)(C)C)n4)cc3c2)cnc1OC. The molecule has 0 bridgehead atoms. The molecule has 9 nitrogen and oxygen atoms in total. The van der Waals surface area contributed by atoms with Crippen LogP contribution in [0.3, 0.4) is 0 Å². The van der Waals surface area contributed by atoms with Gasteiger partial charge in [-0.25, -0.2) is 14.5 Å². The summed E-state index contributed by atoms with van der Waals surface area (Å²) in [4.78, 5) is 21.2. The van der Waals surface area contributed by atoms with Crippen molar-refractivity contribution < 1.29 is 14.3 Å². The summed E-state index contributed by atoms with van der Waals surface area (Å²) in [6.45, 7) is 6.76. The number of methoxy groups -OCH3 is 2. The molecule has 9 heteroatoms. The molecule has 0 saturated carbocycles. The van der Waals surface area contributed by atoms with Crippen LogP contribution in [0.15, 0.2) is 54.9 Å². The van der Waals surface area contributed by atoms with E-state index in [9.17, 15) is 4.79 Å². The molecule has 0 aromatic carbocycles. The molecule has 4 rings (SSSR count). The van der Waals surface area contributed by atoms with E-state index >= 15 is 0 Å². The molecule has 0 aliphatic rings. The summed E-state index contributed by atoms with van der Waals surface area (Å²) < 4.78 is 12.3. The van der Waals surface area contributed by atoms with Gasteiger partial charge in [-0.05, 0) is 41.3 Å². The lowest BCUT2D eigenvalue weighted by atomic mass is 9.97. The number of anilines is 2. The Bertz CT molecular complexity index is 1330. The van der Waals surface area contributed by atoms with E-state index in [1.165, 1.54) is 0 Å². The molecular weight excluding hydrogens is 432 g/mol. The summed E-state index contributed by atoms with van der Waals surface area (Å²) >= 11 is 0. The Hall–Kier alpha value is -4.14. The maximum absolute atomic E-state index is 12.5. The summed E-state index contributed by atoms with van der Waals surface area (Å²) in [5.74, 6) is 1.94. The molecule has 0 fully saturated rings. The molecule has 0 unspecified atom stereocenters. The number of nitrogens with one attached hydrogen (secondary N) is 2. The first kappa shape index (κ1) is 23.0. The molecule has 0 saturated heterocycles. The average Bonchev–Trinajstić information content (AvgIpc) is 3.23. The molecule has 4 aromatic heterocycles. The maximum Gasteiger partial charge on any atom is 0.269 e. The van der Waals surface area contributed by atoms with Gasteiger partial charge < -0.3 is 20.1 Å². The van der Waals surface area contributed by atoms with Crippen LogP contribution < -0.4 is 20.1 Å². The average molecular weight is 461 g/mol. The van der Waals surface area contributed by atoms with E-state index < -0.39 is 0 Å². The highest BCUT2D eigenvalue weighted by atomic mass is 16.5. The molecule has 2 N–H and O–H groups in total. The summed E-state index contributed by atoms with van der Waals surface area (Å²) in [5.41, 5.74) is 3.08. The number of carbonyl (C=O) groups excluding carboxylic acids is 1. The van der Waals surface area contributed by atoms with Crippen LogP contribution in [0.4, 0.5) is 11.6 Å². The minimum atomic E-state index is -0.207. The fraction of sp³-hybridized carbons (Fsp3) is 0.280. The predicted molar refractivity (Wildman–Crippen MR) is 131 cm³/mol. The molecule has 176 valence electrons. The van der Waals surface area contributed by atoms with Crippen molar-refractivity contribution in [2.45, 2.75) is 20.8 Å². The Morgan fingerprint density at radius 3 is 2.59 bits per heavy atom. The largest absolute Gasteiger partial charge is 0.491 e. The molecule has 0 atom stereocenters. The second-order valence-corrected chi connectivity index (χ2v) is 9.03. The standard InChI is InChI=1S/C25H28N6O3/c1-25(2,3)15-27-23(32)19-7-6-8-21(28-19)29-22-13-18-11-16(9-10-31(18)30-22)17-12-20(33-4)24(34-5)26-14-17/h6-14H,15H2,1-5H3,(H,27,32)(H,28,29,30). The van der Waals surface area contributed by atoms with Crippen molar-refractivity contribution in [1.82, 2.24) is 24.9 Å². The zero-order chi connectivity index (χ0) is 24.3. The fourth-order valence-electron chi connectivity index (χ4n) is 3.32. The summed E-state index contributed by atoms with van der Waals surface area (Å²) in [7, 11) is 3.14.